The Morgan fingerprint density at radius 2 is 2.19 bits per heavy atom. The predicted molar refractivity (Wildman–Crippen MR) is 65.1 cm³/mol. The van der Waals surface area contributed by atoms with E-state index in [1.165, 1.54) is 6.07 Å². The molecular weight excluding hydrogens is 226 g/mol. The third-order valence-electron chi connectivity index (χ3n) is 2.30. The van der Waals surface area contributed by atoms with Crippen LogP contribution in [0.5, 0.6) is 5.75 Å². The summed E-state index contributed by atoms with van der Waals surface area (Å²) in [4.78, 5) is 11.6. The molecule has 0 aliphatic heterocycles. The number of hydrogen-bond donors (Lipinski definition) is 2. The molecule has 0 saturated carbocycles. The van der Waals surface area contributed by atoms with E-state index < -0.39 is 0 Å². The summed E-state index contributed by atoms with van der Waals surface area (Å²) < 4.78 is 0. The van der Waals surface area contributed by atoms with E-state index in [4.69, 9.17) is 11.6 Å². The van der Waals surface area contributed by atoms with Crippen LogP contribution in [0.2, 0.25) is 0 Å². The lowest BCUT2D eigenvalue weighted by Gasteiger charge is -2.06. The summed E-state index contributed by atoms with van der Waals surface area (Å²) >= 11 is 5.53. The molecule has 0 aromatic heterocycles. The molecule has 3 nitrogen and oxygen atoms in total. The summed E-state index contributed by atoms with van der Waals surface area (Å²) in [6, 6.07) is 4.81. The molecule has 0 aliphatic rings. The standard InChI is InChI=1S/C12H16ClNO2/c1-9-8-10(4-5-11(9)15)12(16)14-7-3-2-6-13/h4-5,8,15H,2-3,6-7H2,1H3,(H,14,16). The first-order valence-corrected chi connectivity index (χ1v) is 5.82. The molecule has 0 fully saturated rings. The van der Waals surface area contributed by atoms with Gasteiger partial charge < -0.3 is 10.4 Å². The monoisotopic (exact) mass is 241 g/mol. The highest BCUT2D eigenvalue weighted by atomic mass is 35.5. The number of aromatic hydroxyl groups is 1. The molecule has 0 spiro atoms. The van der Waals surface area contributed by atoms with Gasteiger partial charge in [0, 0.05) is 18.0 Å². The van der Waals surface area contributed by atoms with Crippen molar-refractivity contribution in [2.24, 2.45) is 0 Å². The highest BCUT2D eigenvalue weighted by Crippen LogP contribution is 2.16. The van der Waals surface area contributed by atoms with E-state index in [9.17, 15) is 9.90 Å². The van der Waals surface area contributed by atoms with Crippen LogP contribution in [-0.4, -0.2) is 23.4 Å². The summed E-state index contributed by atoms with van der Waals surface area (Å²) in [6.07, 6.45) is 1.78. The third-order valence-corrected chi connectivity index (χ3v) is 2.57. The second-order valence-electron chi connectivity index (χ2n) is 3.65. The number of amides is 1. The Morgan fingerprint density at radius 3 is 2.81 bits per heavy atom. The summed E-state index contributed by atoms with van der Waals surface area (Å²) in [6.45, 7) is 2.39. The number of halogens is 1. The number of carbonyl (C=O) groups is 1. The lowest BCUT2D eigenvalue weighted by molar-refractivity contribution is 0.0953. The van der Waals surface area contributed by atoms with E-state index in [2.05, 4.69) is 5.32 Å². The van der Waals surface area contributed by atoms with Crippen LogP contribution in [0, 0.1) is 6.92 Å². The zero-order chi connectivity index (χ0) is 12.0. The fourth-order valence-electron chi connectivity index (χ4n) is 1.32. The molecule has 0 radical (unpaired) electrons. The van der Waals surface area contributed by atoms with Crippen LogP contribution < -0.4 is 5.32 Å². The normalized spacial score (nSPS) is 10.1. The van der Waals surface area contributed by atoms with Gasteiger partial charge in [-0.2, -0.15) is 0 Å². The lowest BCUT2D eigenvalue weighted by Crippen LogP contribution is -2.24. The van der Waals surface area contributed by atoms with Gasteiger partial charge in [0.2, 0.25) is 0 Å². The number of phenols is 1. The number of hydrogen-bond acceptors (Lipinski definition) is 2. The van der Waals surface area contributed by atoms with Gasteiger partial charge in [-0.05, 0) is 43.5 Å². The second-order valence-corrected chi connectivity index (χ2v) is 4.03. The number of phenolic OH excluding ortho intramolecular Hbond substituents is 1. The van der Waals surface area contributed by atoms with E-state index in [1.54, 1.807) is 19.1 Å². The highest BCUT2D eigenvalue weighted by molar-refractivity contribution is 6.17. The zero-order valence-electron chi connectivity index (χ0n) is 9.29. The van der Waals surface area contributed by atoms with Crippen molar-refractivity contribution in [3.63, 3.8) is 0 Å². The molecule has 0 atom stereocenters. The van der Waals surface area contributed by atoms with Crippen LogP contribution in [0.1, 0.15) is 28.8 Å². The molecule has 2 N–H and O–H groups in total. The van der Waals surface area contributed by atoms with Gasteiger partial charge in [-0.1, -0.05) is 0 Å². The molecule has 0 saturated heterocycles. The van der Waals surface area contributed by atoms with Crippen molar-refractivity contribution in [2.75, 3.05) is 12.4 Å². The number of aryl methyl sites for hydroxylation is 1. The lowest BCUT2D eigenvalue weighted by atomic mass is 10.1. The van der Waals surface area contributed by atoms with Gasteiger partial charge in [0.15, 0.2) is 0 Å². The van der Waals surface area contributed by atoms with Crippen molar-refractivity contribution >= 4 is 17.5 Å². The summed E-state index contributed by atoms with van der Waals surface area (Å²) in [5, 5.41) is 12.1. The SMILES string of the molecule is Cc1cc(C(=O)NCCCCCl)ccc1O. The molecule has 0 bridgehead atoms. The molecular formula is C12H16ClNO2. The zero-order valence-corrected chi connectivity index (χ0v) is 10.0. The average molecular weight is 242 g/mol. The topological polar surface area (TPSA) is 49.3 Å². The van der Waals surface area contributed by atoms with E-state index in [-0.39, 0.29) is 11.7 Å². The molecule has 0 unspecified atom stereocenters. The van der Waals surface area contributed by atoms with Gasteiger partial charge in [0.25, 0.3) is 5.91 Å². The van der Waals surface area contributed by atoms with Crippen molar-refractivity contribution < 1.29 is 9.90 Å². The Balaban J connectivity index is 2.50. The minimum atomic E-state index is -0.113. The van der Waals surface area contributed by atoms with Gasteiger partial charge in [-0.3, -0.25) is 4.79 Å². The molecule has 1 aromatic carbocycles. The van der Waals surface area contributed by atoms with Crippen LogP contribution in [0.3, 0.4) is 0 Å². The highest BCUT2D eigenvalue weighted by Gasteiger charge is 2.06. The van der Waals surface area contributed by atoms with Gasteiger partial charge in [-0.25, -0.2) is 0 Å². The summed E-state index contributed by atoms with van der Waals surface area (Å²) in [5.74, 6) is 0.713. The second kappa shape index (κ2) is 6.38. The minimum absolute atomic E-state index is 0.113. The Kier molecular flexibility index (Phi) is 5.12. The van der Waals surface area contributed by atoms with Gasteiger partial charge in [-0.15, -0.1) is 11.6 Å². The maximum absolute atomic E-state index is 11.6. The van der Waals surface area contributed by atoms with Crippen LogP contribution >= 0.6 is 11.6 Å². The van der Waals surface area contributed by atoms with Crippen LogP contribution in [-0.2, 0) is 0 Å². The fourth-order valence-corrected chi connectivity index (χ4v) is 1.51. The predicted octanol–water partition coefficient (Wildman–Crippen LogP) is 2.45. The quantitative estimate of drug-likeness (QED) is 0.615. The third kappa shape index (κ3) is 3.74. The van der Waals surface area contributed by atoms with Crippen molar-refractivity contribution in [2.45, 2.75) is 19.8 Å². The summed E-state index contributed by atoms with van der Waals surface area (Å²) in [5.41, 5.74) is 1.27. The van der Waals surface area contributed by atoms with Crippen LogP contribution in [0.4, 0.5) is 0 Å². The van der Waals surface area contributed by atoms with Crippen molar-refractivity contribution in [1.82, 2.24) is 5.32 Å². The van der Waals surface area contributed by atoms with E-state index in [0.717, 1.165) is 12.8 Å². The number of carbonyl (C=O) groups excluding carboxylic acids is 1. The first kappa shape index (κ1) is 12.8. The molecule has 1 rings (SSSR count). The average Bonchev–Trinajstić information content (AvgIpc) is 2.28. The first-order chi connectivity index (χ1) is 7.65. The maximum Gasteiger partial charge on any atom is 0.251 e. The Hall–Kier alpha value is -1.22. The van der Waals surface area contributed by atoms with E-state index >= 15 is 0 Å². The first-order valence-electron chi connectivity index (χ1n) is 5.29. The van der Waals surface area contributed by atoms with Gasteiger partial charge >= 0.3 is 0 Å². The van der Waals surface area contributed by atoms with Gasteiger partial charge in [0.1, 0.15) is 5.75 Å². The molecule has 0 aliphatic carbocycles. The largest absolute Gasteiger partial charge is 0.508 e. The van der Waals surface area contributed by atoms with Crippen molar-refractivity contribution in [1.29, 1.82) is 0 Å². The van der Waals surface area contributed by atoms with Gasteiger partial charge in [0.05, 0.1) is 0 Å². The Labute approximate surface area is 100 Å². The summed E-state index contributed by atoms with van der Waals surface area (Å²) in [7, 11) is 0. The van der Waals surface area contributed by atoms with Crippen molar-refractivity contribution in [3.05, 3.63) is 29.3 Å². The number of unbranched alkanes of at least 4 members (excludes halogenated alkanes) is 1. The van der Waals surface area contributed by atoms with Crippen molar-refractivity contribution in [3.8, 4) is 5.75 Å². The molecule has 4 heteroatoms. The number of nitrogens with one attached hydrogen (secondary N) is 1. The molecule has 88 valence electrons. The molecule has 16 heavy (non-hydrogen) atoms. The maximum atomic E-state index is 11.6. The van der Waals surface area contributed by atoms with E-state index in [0.29, 0.717) is 23.6 Å². The number of alkyl halides is 1. The Bertz CT molecular complexity index is 366. The minimum Gasteiger partial charge on any atom is -0.508 e. The molecule has 1 amide bonds. The van der Waals surface area contributed by atoms with Crippen LogP contribution in [0.15, 0.2) is 18.2 Å². The fraction of sp³-hybridized carbons (Fsp3) is 0.417. The number of benzene rings is 1. The van der Waals surface area contributed by atoms with Crippen LogP contribution in [0.25, 0.3) is 0 Å². The smallest absolute Gasteiger partial charge is 0.251 e. The molecule has 1 aromatic rings. The Morgan fingerprint density at radius 1 is 1.44 bits per heavy atom. The number of rotatable bonds is 5. The molecule has 0 heterocycles. The van der Waals surface area contributed by atoms with E-state index in [1.807, 2.05) is 0 Å².